The van der Waals surface area contributed by atoms with Crippen molar-refractivity contribution in [3.63, 3.8) is 0 Å². The molecule has 0 radical (unpaired) electrons. The molecule has 6 unspecified atom stereocenters. The highest BCUT2D eigenvalue weighted by Crippen LogP contribution is 2.03. The molecule has 31 heavy (non-hydrogen) atoms. The topological polar surface area (TPSA) is 228 Å². The quantitative estimate of drug-likeness (QED) is 0.127. The third-order valence-electron chi connectivity index (χ3n) is 4.09. The molecule has 0 aromatic carbocycles. The zero-order valence-electron chi connectivity index (χ0n) is 17.4. The maximum atomic E-state index is 12.5. The minimum absolute atomic E-state index is 0.319. The van der Waals surface area contributed by atoms with Crippen LogP contribution in [-0.2, 0) is 24.0 Å². The lowest BCUT2D eigenvalue weighted by Gasteiger charge is -2.27. The first-order valence-corrected chi connectivity index (χ1v) is 10.7. The van der Waals surface area contributed by atoms with Crippen molar-refractivity contribution >= 4 is 41.4 Å². The van der Waals surface area contributed by atoms with Crippen LogP contribution in [0.4, 0.5) is 0 Å². The molecular weight excluding hydrogens is 436 g/mol. The van der Waals surface area contributed by atoms with Gasteiger partial charge in [-0.15, -0.1) is 0 Å². The van der Waals surface area contributed by atoms with E-state index in [2.05, 4.69) is 10.6 Å². The van der Waals surface area contributed by atoms with Crippen molar-refractivity contribution in [1.82, 2.24) is 16.0 Å². The van der Waals surface area contributed by atoms with E-state index in [-0.39, 0.29) is 0 Å². The lowest BCUT2D eigenvalue weighted by atomic mass is 10.1. The van der Waals surface area contributed by atoms with Crippen LogP contribution in [0.25, 0.3) is 0 Å². The number of carbonyl (C=O) groups excluding carboxylic acids is 3. The van der Waals surface area contributed by atoms with Crippen LogP contribution < -0.4 is 21.7 Å². The molecule has 0 aliphatic carbocycles. The fourth-order valence-electron chi connectivity index (χ4n) is 2.33. The summed E-state index contributed by atoms with van der Waals surface area (Å²) in [6.45, 7) is 2.34. The molecule has 9 N–H and O–H groups in total. The number of amides is 3. The van der Waals surface area contributed by atoms with Gasteiger partial charge in [0.25, 0.3) is 0 Å². The molecule has 0 fully saturated rings. The van der Waals surface area contributed by atoms with Crippen LogP contribution in [0.3, 0.4) is 0 Å². The summed E-state index contributed by atoms with van der Waals surface area (Å²) in [6.07, 6.45) is -1.70. The van der Waals surface area contributed by atoms with Gasteiger partial charge in [0.15, 0.2) is 0 Å². The van der Waals surface area contributed by atoms with Crippen molar-refractivity contribution in [2.45, 2.75) is 63.1 Å². The summed E-state index contributed by atoms with van der Waals surface area (Å²) >= 11 is 1.46. The average molecular weight is 467 g/mol. The third-order valence-corrected chi connectivity index (χ3v) is 4.73. The van der Waals surface area contributed by atoms with Gasteiger partial charge in [0.05, 0.1) is 24.7 Å². The van der Waals surface area contributed by atoms with Crippen LogP contribution in [0.5, 0.6) is 0 Å². The summed E-state index contributed by atoms with van der Waals surface area (Å²) in [5.74, 6) is -5.43. The van der Waals surface area contributed by atoms with Gasteiger partial charge in [-0.2, -0.15) is 11.8 Å². The maximum absolute atomic E-state index is 12.5. The molecular formula is C17H30N4O9S. The lowest BCUT2D eigenvalue weighted by molar-refractivity contribution is -0.148. The zero-order chi connectivity index (χ0) is 24.3. The number of carboxylic acid groups (broad SMARTS) is 2. The summed E-state index contributed by atoms with van der Waals surface area (Å²) in [4.78, 5) is 58.9. The van der Waals surface area contributed by atoms with E-state index in [1.165, 1.54) is 18.7 Å². The van der Waals surface area contributed by atoms with E-state index in [0.717, 1.165) is 6.92 Å². The molecule has 0 aliphatic heterocycles. The number of nitrogens with two attached hydrogens (primary N) is 1. The van der Waals surface area contributed by atoms with Crippen LogP contribution in [0.15, 0.2) is 0 Å². The second-order valence-corrected chi connectivity index (χ2v) is 7.82. The van der Waals surface area contributed by atoms with E-state index in [0.29, 0.717) is 12.2 Å². The molecule has 178 valence electrons. The standard InChI is InChI=1S/C17H30N4O9S/c1-7(22)12(15(27)19-10(17(29)30)6-11(24)25)21-16(28)13(8(2)23)20-14(26)9(18)4-5-31-3/h7-10,12-13,22-23H,4-6,18H2,1-3H3,(H,19,27)(H,20,26)(H,21,28)(H,24,25)(H,29,30). The highest BCUT2D eigenvalue weighted by atomic mass is 32.2. The molecule has 3 amide bonds. The third kappa shape index (κ3) is 10.4. The minimum atomic E-state index is -1.80. The van der Waals surface area contributed by atoms with Gasteiger partial charge in [-0.3, -0.25) is 19.2 Å². The van der Waals surface area contributed by atoms with E-state index in [9.17, 15) is 34.2 Å². The number of carboxylic acids is 2. The van der Waals surface area contributed by atoms with Gasteiger partial charge in [0.1, 0.15) is 18.1 Å². The number of aliphatic carboxylic acids is 2. The number of aliphatic hydroxyl groups is 2. The van der Waals surface area contributed by atoms with Crippen LogP contribution in [-0.4, -0.2) is 98.5 Å². The Kier molecular flexibility index (Phi) is 12.7. The number of nitrogens with one attached hydrogen (secondary N) is 3. The summed E-state index contributed by atoms with van der Waals surface area (Å²) in [5.41, 5.74) is 5.73. The Balaban J connectivity index is 5.31. The first-order chi connectivity index (χ1) is 14.3. The van der Waals surface area contributed by atoms with Crippen molar-refractivity contribution in [3.8, 4) is 0 Å². The Bertz CT molecular complexity index is 660. The molecule has 14 heteroatoms. The first-order valence-electron chi connectivity index (χ1n) is 9.28. The predicted molar refractivity (Wildman–Crippen MR) is 110 cm³/mol. The van der Waals surface area contributed by atoms with Crippen molar-refractivity contribution < 1.29 is 44.4 Å². The highest BCUT2D eigenvalue weighted by Gasteiger charge is 2.34. The number of hydrogen-bond acceptors (Lipinski definition) is 9. The Labute approximate surface area is 183 Å². The number of hydrogen-bond donors (Lipinski definition) is 8. The Morgan fingerprint density at radius 1 is 0.871 bits per heavy atom. The van der Waals surface area contributed by atoms with Gasteiger partial charge in [0.2, 0.25) is 17.7 Å². The van der Waals surface area contributed by atoms with E-state index in [1.54, 1.807) is 0 Å². The molecule has 0 aliphatic rings. The lowest BCUT2D eigenvalue weighted by Crippen LogP contribution is -2.62. The second kappa shape index (κ2) is 13.8. The van der Waals surface area contributed by atoms with Crippen molar-refractivity contribution in [2.24, 2.45) is 5.73 Å². The second-order valence-electron chi connectivity index (χ2n) is 6.84. The smallest absolute Gasteiger partial charge is 0.326 e. The zero-order valence-corrected chi connectivity index (χ0v) is 18.2. The fraction of sp³-hybridized carbons (Fsp3) is 0.706. The van der Waals surface area contributed by atoms with Gasteiger partial charge in [0, 0.05) is 0 Å². The summed E-state index contributed by atoms with van der Waals surface area (Å²) in [7, 11) is 0. The normalized spacial score (nSPS) is 16.7. The van der Waals surface area contributed by atoms with E-state index < -0.39 is 72.5 Å². The van der Waals surface area contributed by atoms with Crippen LogP contribution in [0, 0.1) is 0 Å². The maximum Gasteiger partial charge on any atom is 0.326 e. The van der Waals surface area contributed by atoms with Gasteiger partial charge in [-0.1, -0.05) is 0 Å². The molecule has 13 nitrogen and oxygen atoms in total. The average Bonchev–Trinajstić information content (AvgIpc) is 2.66. The van der Waals surface area contributed by atoms with Crippen LogP contribution in [0.2, 0.25) is 0 Å². The van der Waals surface area contributed by atoms with Crippen molar-refractivity contribution in [3.05, 3.63) is 0 Å². The highest BCUT2D eigenvalue weighted by molar-refractivity contribution is 7.98. The molecule has 6 atom stereocenters. The van der Waals surface area contributed by atoms with Gasteiger partial charge >= 0.3 is 11.9 Å². The summed E-state index contributed by atoms with van der Waals surface area (Å²) in [5, 5.41) is 43.8. The fourth-order valence-corrected chi connectivity index (χ4v) is 2.82. The monoisotopic (exact) mass is 466 g/mol. The molecule has 0 heterocycles. The van der Waals surface area contributed by atoms with Crippen LogP contribution >= 0.6 is 11.8 Å². The number of aliphatic hydroxyl groups excluding tert-OH is 2. The van der Waals surface area contributed by atoms with Crippen molar-refractivity contribution in [2.75, 3.05) is 12.0 Å². The Morgan fingerprint density at radius 3 is 1.71 bits per heavy atom. The van der Waals surface area contributed by atoms with Crippen molar-refractivity contribution in [1.29, 1.82) is 0 Å². The van der Waals surface area contributed by atoms with E-state index in [4.69, 9.17) is 15.9 Å². The Morgan fingerprint density at radius 2 is 1.32 bits per heavy atom. The summed E-state index contributed by atoms with van der Waals surface area (Å²) in [6, 6.07) is -5.95. The predicted octanol–water partition coefficient (Wildman–Crippen LogP) is -3.16. The molecule has 0 bridgehead atoms. The number of carbonyl (C=O) groups is 5. The molecule has 0 rings (SSSR count). The molecule has 0 saturated carbocycles. The largest absolute Gasteiger partial charge is 0.481 e. The SMILES string of the molecule is CSCCC(N)C(=O)NC(C(=O)NC(C(=O)NC(CC(=O)O)C(=O)O)C(C)O)C(C)O. The molecule has 0 aromatic heterocycles. The van der Waals surface area contributed by atoms with E-state index >= 15 is 0 Å². The van der Waals surface area contributed by atoms with Gasteiger partial charge < -0.3 is 42.1 Å². The number of thioether (sulfide) groups is 1. The first kappa shape index (κ1) is 28.6. The Hall–Kier alpha value is -2.42. The molecule has 0 spiro atoms. The van der Waals surface area contributed by atoms with Gasteiger partial charge in [-0.05, 0) is 32.3 Å². The van der Waals surface area contributed by atoms with Gasteiger partial charge in [-0.25, -0.2) is 4.79 Å². The van der Waals surface area contributed by atoms with Crippen LogP contribution in [0.1, 0.15) is 26.7 Å². The molecule has 0 saturated heterocycles. The number of rotatable bonds is 14. The van der Waals surface area contributed by atoms with E-state index in [1.807, 2.05) is 11.6 Å². The minimum Gasteiger partial charge on any atom is -0.481 e. The summed E-state index contributed by atoms with van der Waals surface area (Å²) < 4.78 is 0. The molecule has 0 aromatic rings.